The average molecular weight is 383 g/mol. The number of nitrogens with one attached hydrogen (secondary N) is 2. The largest absolute Gasteiger partial charge is 0.296 e. The molecule has 1 aromatic heterocycles. The maximum absolute atomic E-state index is 12.4. The Labute approximate surface area is 151 Å². The Morgan fingerprint density at radius 2 is 1.88 bits per heavy atom. The van der Waals surface area contributed by atoms with Crippen LogP contribution in [0.3, 0.4) is 0 Å². The van der Waals surface area contributed by atoms with Crippen LogP contribution in [0, 0.1) is 0 Å². The molecule has 0 saturated heterocycles. The lowest BCUT2D eigenvalue weighted by atomic mass is 9.98. The number of sulfonamides is 1. The van der Waals surface area contributed by atoms with Gasteiger partial charge in [-0.3, -0.25) is 10.1 Å². The molecule has 0 aliphatic carbocycles. The number of benzene rings is 1. The summed E-state index contributed by atoms with van der Waals surface area (Å²) >= 11 is 1.30. The van der Waals surface area contributed by atoms with Crippen LogP contribution in [-0.2, 0) is 15.4 Å². The van der Waals surface area contributed by atoms with Gasteiger partial charge in [-0.05, 0) is 32.0 Å². The highest BCUT2D eigenvalue weighted by molar-refractivity contribution is 7.89. The van der Waals surface area contributed by atoms with Gasteiger partial charge in [0.25, 0.3) is 5.91 Å². The summed E-state index contributed by atoms with van der Waals surface area (Å²) in [5.41, 5.74) is 0.0797. The minimum absolute atomic E-state index is 0.0431. The van der Waals surface area contributed by atoms with Crippen molar-refractivity contribution < 1.29 is 13.2 Å². The maximum Gasteiger partial charge on any atom is 0.257 e. The van der Waals surface area contributed by atoms with E-state index in [0.717, 1.165) is 5.01 Å². The van der Waals surface area contributed by atoms with Gasteiger partial charge in [0, 0.05) is 17.0 Å². The lowest BCUT2D eigenvalue weighted by Gasteiger charge is -2.12. The van der Waals surface area contributed by atoms with Gasteiger partial charge < -0.3 is 0 Å². The molecule has 2 rings (SSSR count). The van der Waals surface area contributed by atoms with E-state index in [1.165, 1.54) is 29.5 Å². The fourth-order valence-electron chi connectivity index (χ4n) is 1.93. The third-order valence-corrected chi connectivity index (χ3v) is 6.01. The van der Waals surface area contributed by atoms with Crippen molar-refractivity contribution in [3.05, 3.63) is 34.8 Å². The smallest absolute Gasteiger partial charge is 0.257 e. The molecular weight excluding hydrogens is 360 g/mol. The average Bonchev–Trinajstić information content (AvgIpc) is 2.94. The van der Waals surface area contributed by atoms with Crippen LogP contribution in [0.25, 0.3) is 0 Å². The Kier molecular flexibility index (Phi) is 5.60. The topological polar surface area (TPSA) is 101 Å². The fourth-order valence-corrected chi connectivity index (χ4v) is 4.02. The van der Waals surface area contributed by atoms with Crippen LogP contribution in [0.15, 0.2) is 29.2 Å². The summed E-state index contributed by atoms with van der Waals surface area (Å²) in [6.07, 6.45) is 0. The number of amides is 1. The number of hydrogen-bond acceptors (Lipinski definition) is 6. The SMILES string of the molecule is CC(C)NS(=O)(=O)c1cccc(C(=O)Nc2nnc(C(C)(C)C)s2)c1. The molecule has 0 fully saturated rings. The van der Waals surface area contributed by atoms with E-state index in [0.29, 0.717) is 5.13 Å². The zero-order valence-corrected chi connectivity index (χ0v) is 16.5. The first-order valence-electron chi connectivity index (χ1n) is 7.77. The van der Waals surface area contributed by atoms with Crippen molar-refractivity contribution in [1.29, 1.82) is 0 Å². The number of carbonyl (C=O) groups excluding carboxylic acids is 1. The molecule has 2 N–H and O–H groups in total. The van der Waals surface area contributed by atoms with E-state index in [9.17, 15) is 13.2 Å². The van der Waals surface area contributed by atoms with Crippen LogP contribution in [-0.4, -0.2) is 30.6 Å². The molecular formula is C16H22N4O3S2. The zero-order chi connectivity index (χ0) is 18.8. The van der Waals surface area contributed by atoms with Gasteiger partial charge in [-0.25, -0.2) is 13.1 Å². The molecule has 1 heterocycles. The van der Waals surface area contributed by atoms with Gasteiger partial charge in [0.05, 0.1) is 4.90 Å². The van der Waals surface area contributed by atoms with Crippen molar-refractivity contribution in [2.24, 2.45) is 0 Å². The van der Waals surface area contributed by atoms with E-state index in [1.54, 1.807) is 19.9 Å². The van der Waals surface area contributed by atoms with Gasteiger partial charge in [0.15, 0.2) is 0 Å². The van der Waals surface area contributed by atoms with Crippen molar-refractivity contribution in [1.82, 2.24) is 14.9 Å². The number of nitrogens with zero attached hydrogens (tertiary/aromatic N) is 2. The van der Waals surface area contributed by atoms with E-state index in [-0.39, 0.29) is 21.9 Å². The summed E-state index contributed by atoms with van der Waals surface area (Å²) < 4.78 is 26.9. The monoisotopic (exact) mass is 382 g/mol. The van der Waals surface area contributed by atoms with Gasteiger partial charge in [-0.15, -0.1) is 10.2 Å². The third-order valence-electron chi connectivity index (χ3n) is 3.08. The molecule has 1 aromatic carbocycles. The molecule has 0 spiro atoms. The first kappa shape index (κ1) is 19.5. The van der Waals surface area contributed by atoms with E-state index in [4.69, 9.17) is 0 Å². The highest BCUT2D eigenvalue weighted by Gasteiger charge is 2.21. The molecule has 7 nitrogen and oxygen atoms in total. The molecule has 0 radical (unpaired) electrons. The van der Waals surface area contributed by atoms with Crippen molar-refractivity contribution >= 4 is 32.4 Å². The molecule has 0 aliphatic heterocycles. The zero-order valence-electron chi connectivity index (χ0n) is 14.8. The second kappa shape index (κ2) is 7.19. The predicted octanol–water partition coefficient (Wildman–Crippen LogP) is 2.77. The summed E-state index contributed by atoms with van der Waals surface area (Å²) in [4.78, 5) is 12.4. The summed E-state index contributed by atoms with van der Waals surface area (Å²) in [6, 6.07) is 5.63. The number of hydrogen-bond donors (Lipinski definition) is 2. The summed E-state index contributed by atoms with van der Waals surface area (Å²) in [7, 11) is -3.66. The van der Waals surface area contributed by atoms with Crippen LogP contribution in [0.4, 0.5) is 5.13 Å². The van der Waals surface area contributed by atoms with Crippen molar-refractivity contribution in [3.63, 3.8) is 0 Å². The summed E-state index contributed by atoms with van der Waals surface area (Å²) in [6.45, 7) is 9.49. The van der Waals surface area contributed by atoms with E-state index in [1.807, 2.05) is 20.8 Å². The number of anilines is 1. The molecule has 0 bridgehead atoms. The lowest BCUT2D eigenvalue weighted by Crippen LogP contribution is -2.30. The highest BCUT2D eigenvalue weighted by atomic mass is 32.2. The molecule has 136 valence electrons. The first-order chi connectivity index (χ1) is 11.5. The van der Waals surface area contributed by atoms with Crippen molar-refractivity contribution in [2.75, 3.05) is 5.32 Å². The summed E-state index contributed by atoms with van der Waals surface area (Å²) in [5, 5.41) is 11.9. The minimum Gasteiger partial charge on any atom is -0.296 e. The van der Waals surface area contributed by atoms with Crippen LogP contribution in [0.5, 0.6) is 0 Å². The van der Waals surface area contributed by atoms with Crippen molar-refractivity contribution in [2.45, 2.75) is 51.0 Å². The molecule has 2 aromatic rings. The third kappa shape index (κ3) is 5.07. The Balaban J connectivity index is 2.20. The van der Waals surface area contributed by atoms with Gasteiger partial charge in [-0.1, -0.05) is 38.2 Å². The lowest BCUT2D eigenvalue weighted by molar-refractivity contribution is 0.102. The minimum atomic E-state index is -3.66. The normalized spacial score (nSPS) is 12.4. The Morgan fingerprint density at radius 1 is 1.20 bits per heavy atom. The molecule has 25 heavy (non-hydrogen) atoms. The van der Waals surface area contributed by atoms with E-state index < -0.39 is 15.9 Å². The quantitative estimate of drug-likeness (QED) is 0.828. The van der Waals surface area contributed by atoms with E-state index >= 15 is 0 Å². The Morgan fingerprint density at radius 3 is 2.44 bits per heavy atom. The highest BCUT2D eigenvalue weighted by Crippen LogP contribution is 2.28. The molecule has 9 heteroatoms. The van der Waals surface area contributed by atoms with Gasteiger partial charge in [0.1, 0.15) is 5.01 Å². The fraction of sp³-hybridized carbons (Fsp3) is 0.438. The second-order valence-electron chi connectivity index (χ2n) is 6.92. The van der Waals surface area contributed by atoms with Crippen LogP contribution < -0.4 is 10.0 Å². The van der Waals surface area contributed by atoms with Crippen LogP contribution in [0.2, 0.25) is 0 Å². The van der Waals surface area contributed by atoms with Gasteiger partial charge >= 0.3 is 0 Å². The predicted molar refractivity (Wildman–Crippen MR) is 98.5 cm³/mol. The first-order valence-corrected chi connectivity index (χ1v) is 10.1. The number of carbonyl (C=O) groups is 1. The Bertz CT molecular complexity index is 868. The van der Waals surface area contributed by atoms with Gasteiger partial charge in [-0.2, -0.15) is 0 Å². The molecule has 0 atom stereocenters. The van der Waals surface area contributed by atoms with Crippen LogP contribution >= 0.6 is 11.3 Å². The molecule has 0 unspecified atom stereocenters. The summed E-state index contributed by atoms with van der Waals surface area (Å²) in [5.74, 6) is -0.432. The molecule has 0 saturated carbocycles. The van der Waals surface area contributed by atoms with Crippen LogP contribution in [0.1, 0.15) is 50.0 Å². The van der Waals surface area contributed by atoms with Gasteiger partial charge in [0.2, 0.25) is 15.2 Å². The Hall–Kier alpha value is -1.84. The molecule has 1 amide bonds. The van der Waals surface area contributed by atoms with Crippen molar-refractivity contribution in [3.8, 4) is 0 Å². The number of aromatic nitrogens is 2. The standard InChI is InChI=1S/C16H22N4O3S2/c1-10(2)20-25(22,23)12-8-6-7-11(9-12)13(21)17-15-19-18-14(24-15)16(3,4)5/h6-10,20H,1-5H3,(H,17,19,21). The molecule has 0 aliphatic rings. The maximum atomic E-state index is 12.4. The second-order valence-corrected chi connectivity index (χ2v) is 9.61. The van der Waals surface area contributed by atoms with E-state index in [2.05, 4.69) is 20.2 Å². The number of rotatable bonds is 5.